The second-order valence-electron chi connectivity index (χ2n) is 5.30. The number of carbonyl (C=O) groups excluding carboxylic acids is 2. The maximum atomic E-state index is 12.1. The predicted molar refractivity (Wildman–Crippen MR) is 80.1 cm³/mol. The lowest BCUT2D eigenvalue weighted by Crippen LogP contribution is -2.50. The number of hydrogen-bond acceptors (Lipinski definition) is 3. The molecular weight excluding hydrogens is 268 g/mol. The van der Waals surface area contributed by atoms with Crippen molar-refractivity contribution in [3.8, 4) is 5.75 Å². The number of ether oxygens (including phenoxy) is 1. The minimum Gasteiger partial charge on any atom is -0.493 e. The number of rotatable bonds is 4. The van der Waals surface area contributed by atoms with E-state index in [9.17, 15) is 9.59 Å². The van der Waals surface area contributed by atoms with Crippen LogP contribution in [0.5, 0.6) is 5.75 Å². The van der Waals surface area contributed by atoms with E-state index in [0.717, 1.165) is 11.3 Å². The summed E-state index contributed by atoms with van der Waals surface area (Å²) in [5.74, 6) is 0.958. The lowest BCUT2D eigenvalue weighted by molar-refractivity contribution is -0.138. The van der Waals surface area contributed by atoms with Gasteiger partial charge in [0.25, 0.3) is 0 Å². The zero-order chi connectivity index (χ0) is 15.2. The molecule has 1 heterocycles. The van der Waals surface area contributed by atoms with Crippen LogP contribution in [0.3, 0.4) is 0 Å². The number of piperazine rings is 1. The van der Waals surface area contributed by atoms with Crippen LogP contribution in [0.15, 0.2) is 24.3 Å². The topological polar surface area (TPSA) is 49.9 Å². The molecule has 0 bridgehead atoms. The van der Waals surface area contributed by atoms with Crippen LogP contribution in [0, 0.1) is 6.92 Å². The predicted octanol–water partition coefficient (Wildman–Crippen LogP) is 1.45. The Morgan fingerprint density at radius 1 is 1.14 bits per heavy atom. The molecule has 1 saturated heterocycles. The highest BCUT2D eigenvalue weighted by molar-refractivity contribution is 5.77. The first-order valence-electron chi connectivity index (χ1n) is 7.29. The Hall–Kier alpha value is -2.04. The SMILES string of the molecule is CC(=O)N1CCN(C(=O)CCOc2cccc(C)c2)CC1. The first-order valence-corrected chi connectivity index (χ1v) is 7.29. The van der Waals surface area contributed by atoms with Crippen molar-refractivity contribution in [3.63, 3.8) is 0 Å². The van der Waals surface area contributed by atoms with E-state index >= 15 is 0 Å². The van der Waals surface area contributed by atoms with Gasteiger partial charge in [-0.15, -0.1) is 0 Å². The molecule has 0 atom stereocenters. The molecule has 2 amide bonds. The minimum atomic E-state index is 0.0740. The van der Waals surface area contributed by atoms with Crippen molar-refractivity contribution >= 4 is 11.8 Å². The molecular formula is C16H22N2O3. The van der Waals surface area contributed by atoms with Crippen LogP contribution in [-0.2, 0) is 9.59 Å². The maximum Gasteiger partial charge on any atom is 0.226 e. The molecule has 0 N–H and O–H groups in total. The molecule has 1 aromatic carbocycles. The molecule has 1 aliphatic rings. The smallest absolute Gasteiger partial charge is 0.226 e. The van der Waals surface area contributed by atoms with E-state index in [0.29, 0.717) is 39.2 Å². The highest BCUT2D eigenvalue weighted by atomic mass is 16.5. The summed E-state index contributed by atoms with van der Waals surface area (Å²) in [6, 6.07) is 7.79. The molecule has 0 saturated carbocycles. The summed E-state index contributed by atoms with van der Waals surface area (Å²) in [4.78, 5) is 26.9. The number of hydrogen-bond donors (Lipinski definition) is 0. The fraction of sp³-hybridized carbons (Fsp3) is 0.500. The molecule has 0 spiro atoms. The Bertz CT molecular complexity index is 508. The molecule has 0 radical (unpaired) electrons. The van der Waals surface area contributed by atoms with Crippen LogP contribution in [0.4, 0.5) is 0 Å². The average Bonchev–Trinajstić information content (AvgIpc) is 2.47. The number of carbonyl (C=O) groups is 2. The molecule has 1 fully saturated rings. The van der Waals surface area contributed by atoms with Crippen LogP contribution >= 0.6 is 0 Å². The standard InChI is InChI=1S/C16H22N2O3/c1-13-4-3-5-15(12-13)21-11-6-16(20)18-9-7-17(8-10-18)14(2)19/h3-5,12H,6-11H2,1-2H3. The highest BCUT2D eigenvalue weighted by Crippen LogP contribution is 2.13. The molecule has 5 nitrogen and oxygen atoms in total. The summed E-state index contributed by atoms with van der Waals surface area (Å²) in [7, 11) is 0. The largest absolute Gasteiger partial charge is 0.493 e. The van der Waals surface area contributed by atoms with Crippen molar-refractivity contribution in [2.75, 3.05) is 32.8 Å². The van der Waals surface area contributed by atoms with Gasteiger partial charge in [0.15, 0.2) is 0 Å². The van der Waals surface area contributed by atoms with Gasteiger partial charge in [0.2, 0.25) is 11.8 Å². The van der Waals surface area contributed by atoms with Gasteiger partial charge in [-0.05, 0) is 24.6 Å². The third kappa shape index (κ3) is 4.48. The van der Waals surface area contributed by atoms with Gasteiger partial charge in [-0.1, -0.05) is 12.1 Å². The quantitative estimate of drug-likeness (QED) is 0.843. The maximum absolute atomic E-state index is 12.1. The Balaban J connectivity index is 1.72. The van der Waals surface area contributed by atoms with Gasteiger partial charge in [0, 0.05) is 33.1 Å². The van der Waals surface area contributed by atoms with Crippen LogP contribution < -0.4 is 4.74 Å². The highest BCUT2D eigenvalue weighted by Gasteiger charge is 2.21. The lowest BCUT2D eigenvalue weighted by atomic mass is 10.2. The normalized spacial score (nSPS) is 15.0. The summed E-state index contributed by atoms with van der Waals surface area (Å²) in [6.07, 6.45) is 0.369. The number of nitrogens with zero attached hydrogens (tertiary/aromatic N) is 2. The van der Waals surface area contributed by atoms with Crippen molar-refractivity contribution in [3.05, 3.63) is 29.8 Å². The molecule has 1 aromatic rings. The molecule has 0 aliphatic carbocycles. The van der Waals surface area contributed by atoms with E-state index in [1.54, 1.807) is 16.7 Å². The van der Waals surface area contributed by atoms with E-state index in [2.05, 4.69) is 0 Å². The molecule has 1 aliphatic heterocycles. The van der Waals surface area contributed by atoms with Gasteiger partial charge >= 0.3 is 0 Å². The average molecular weight is 290 g/mol. The Kier molecular flexibility index (Phi) is 5.20. The molecule has 0 aromatic heterocycles. The van der Waals surface area contributed by atoms with Crippen molar-refractivity contribution in [2.45, 2.75) is 20.3 Å². The fourth-order valence-electron chi connectivity index (χ4n) is 2.39. The van der Waals surface area contributed by atoms with E-state index in [1.807, 2.05) is 31.2 Å². The third-order valence-electron chi connectivity index (χ3n) is 3.65. The van der Waals surface area contributed by atoms with Crippen LogP contribution in [-0.4, -0.2) is 54.4 Å². The van der Waals surface area contributed by atoms with Gasteiger partial charge in [0.05, 0.1) is 13.0 Å². The van der Waals surface area contributed by atoms with Crippen molar-refractivity contribution in [2.24, 2.45) is 0 Å². The van der Waals surface area contributed by atoms with Crippen LogP contribution in [0.2, 0.25) is 0 Å². The van der Waals surface area contributed by atoms with E-state index in [1.165, 1.54) is 0 Å². The Morgan fingerprint density at radius 3 is 2.43 bits per heavy atom. The van der Waals surface area contributed by atoms with Crippen LogP contribution in [0.1, 0.15) is 18.9 Å². The van der Waals surface area contributed by atoms with E-state index < -0.39 is 0 Å². The lowest BCUT2D eigenvalue weighted by Gasteiger charge is -2.34. The van der Waals surface area contributed by atoms with Gasteiger partial charge < -0.3 is 14.5 Å². The Labute approximate surface area is 125 Å². The Morgan fingerprint density at radius 2 is 1.81 bits per heavy atom. The number of amides is 2. The van der Waals surface area contributed by atoms with Gasteiger partial charge in [0.1, 0.15) is 5.75 Å². The summed E-state index contributed by atoms with van der Waals surface area (Å²) in [6.45, 7) is 6.43. The van der Waals surface area contributed by atoms with Gasteiger partial charge in [-0.2, -0.15) is 0 Å². The molecule has 2 rings (SSSR count). The first-order chi connectivity index (χ1) is 10.1. The zero-order valence-corrected chi connectivity index (χ0v) is 12.7. The minimum absolute atomic E-state index is 0.0740. The molecule has 5 heteroatoms. The zero-order valence-electron chi connectivity index (χ0n) is 12.7. The fourth-order valence-corrected chi connectivity index (χ4v) is 2.39. The second-order valence-corrected chi connectivity index (χ2v) is 5.30. The second kappa shape index (κ2) is 7.11. The van der Waals surface area contributed by atoms with Gasteiger partial charge in [-0.25, -0.2) is 0 Å². The number of aryl methyl sites for hydroxylation is 1. The summed E-state index contributed by atoms with van der Waals surface area (Å²) >= 11 is 0. The monoisotopic (exact) mass is 290 g/mol. The molecule has 21 heavy (non-hydrogen) atoms. The summed E-state index contributed by atoms with van der Waals surface area (Å²) < 4.78 is 5.60. The van der Waals surface area contributed by atoms with E-state index in [-0.39, 0.29) is 11.8 Å². The molecule has 0 unspecified atom stereocenters. The van der Waals surface area contributed by atoms with Crippen molar-refractivity contribution in [1.82, 2.24) is 9.80 Å². The van der Waals surface area contributed by atoms with Crippen molar-refractivity contribution in [1.29, 1.82) is 0 Å². The third-order valence-corrected chi connectivity index (χ3v) is 3.65. The van der Waals surface area contributed by atoms with Crippen LogP contribution in [0.25, 0.3) is 0 Å². The molecule has 114 valence electrons. The summed E-state index contributed by atoms with van der Waals surface area (Å²) in [5.41, 5.74) is 1.14. The summed E-state index contributed by atoms with van der Waals surface area (Å²) in [5, 5.41) is 0. The van der Waals surface area contributed by atoms with Crippen molar-refractivity contribution < 1.29 is 14.3 Å². The number of benzene rings is 1. The van der Waals surface area contributed by atoms with E-state index in [4.69, 9.17) is 4.74 Å². The van der Waals surface area contributed by atoms with Gasteiger partial charge in [-0.3, -0.25) is 9.59 Å². The first kappa shape index (κ1) is 15.4.